The fraction of sp³-hybridized carbons (Fsp3) is 0. The van der Waals surface area contributed by atoms with Gasteiger partial charge in [0.1, 0.15) is 0 Å². The Balaban J connectivity index is 1.14. The summed E-state index contributed by atoms with van der Waals surface area (Å²) < 4.78 is 0. The van der Waals surface area contributed by atoms with E-state index in [1.165, 1.54) is 38.1 Å². The molecule has 3 nitrogen and oxygen atoms in total. The van der Waals surface area contributed by atoms with Crippen molar-refractivity contribution in [2.45, 2.75) is 0 Å². The van der Waals surface area contributed by atoms with Gasteiger partial charge < -0.3 is 0 Å². The van der Waals surface area contributed by atoms with E-state index < -0.39 is 0 Å². The number of hydrogen-bond donors (Lipinski definition) is 0. The second kappa shape index (κ2) is 14.1. The number of aromatic nitrogens is 3. The Hall–Kier alpha value is -7.75. The van der Waals surface area contributed by atoms with Gasteiger partial charge in [-0.15, -0.1) is 0 Å². The molecular formula is C55H35N3. The molecule has 2 aromatic heterocycles. The van der Waals surface area contributed by atoms with Gasteiger partial charge in [-0.2, -0.15) is 0 Å². The standard InChI is InChI=1S/C55H35N3/c1-3-17-39(18-4-1)51-35-52(40-19-5-2-6-20-40)58-55(57-51)41-31-29-38(30-32-41)48-34-53(46-28-14-22-37-16-8-10-24-43(37)46)56-54-47-26-12-11-25-45(47)49(33-50(48)54)44-27-13-21-36-15-7-9-23-42(36)44/h1-35H. The first-order valence-electron chi connectivity index (χ1n) is 19.7. The number of hydrogen-bond acceptors (Lipinski definition) is 3. The highest BCUT2D eigenvalue weighted by atomic mass is 14.9. The SMILES string of the molecule is c1ccc(-c2cc(-c3ccccc3)nc(-c3ccc(-c4cc(-c5cccc6ccccc56)nc5c4cc(-c4cccc6ccccc46)c4ccccc45)cc3)n2)cc1. The van der Waals surface area contributed by atoms with E-state index >= 15 is 0 Å². The predicted molar refractivity (Wildman–Crippen MR) is 242 cm³/mol. The minimum absolute atomic E-state index is 0.687. The number of nitrogens with zero attached hydrogens (tertiary/aromatic N) is 3. The van der Waals surface area contributed by atoms with Crippen LogP contribution in [0.3, 0.4) is 0 Å². The normalized spacial score (nSPS) is 11.4. The van der Waals surface area contributed by atoms with E-state index in [0.29, 0.717) is 5.82 Å². The van der Waals surface area contributed by atoms with Crippen molar-refractivity contribution in [2.75, 3.05) is 0 Å². The molecule has 0 aliphatic rings. The van der Waals surface area contributed by atoms with Gasteiger partial charge in [0.15, 0.2) is 5.82 Å². The Morgan fingerprint density at radius 3 is 1.38 bits per heavy atom. The van der Waals surface area contributed by atoms with Crippen molar-refractivity contribution in [2.24, 2.45) is 0 Å². The Morgan fingerprint density at radius 1 is 0.241 bits per heavy atom. The molecule has 0 amide bonds. The third-order valence-corrected chi connectivity index (χ3v) is 11.3. The first kappa shape index (κ1) is 33.6. The quantitative estimate of drug-likeness (QED) is 0.160. The van der Waals surface area contributed by atoms with Crippen LogP contribution in [0.4, 0.5) is 0 Å². The van der Waals surface area contributed by atoms with Crippen LogP contribution in [0.5, 0.6) is 0 Å². The van der Waals surface area contributed by atoms with Crippen LogP contribution in [0.2, 0.25) is 0 Å². The first-order valence-corrected chi connectivity index (χ1v) is 19.7. The van der Waals surface area contributed by atoms with Crippen LogP contribution in [0.15, 0.2) is 212 Å². The van der Waals surface area contributed by atoms with E-state index in [4.69, 9.17) is 15.0 Å². The lowest BCUT2D eigenvalue weighted by Crippen LogP contribution is -1.96. The van der Waals surface area contributed by atoms with E-state index in [1.807, 2.05) is 12.1 Å². The third kappa shape index (κ3) is 5.89. The second-order valence-corrected chi connectivity index (χ2v) is 14.7. The van der Waals surface area contributed by atoms with Crippen molar-refractivity contribution in [1.29, 1.82) is 0 Å². The van der Waals surface area contributed by atoms with Crippen LogP contribution in [0.25, 0.3) is 111 Å². The predicted octanol–water partition coefficient (Wildman–Crippen LogP) is 14.5. The molecule has 3 heteroatoms. The summed E-state index contributed by atoms with van der Waals surface area (Å²) in [5.74, 6) is 0.687. The summed E-state index contributed by atoms with van der Waals surface area (Å²) in [4.78, 5) is 15.8. The highest BCUT2D eigenvalue weighted by Gasteiger charge is 2.18. The highest BCUT2D eigenvalue weighted by Crippen LogP contribution is 2.43. The fourth-order valence-electron chi connectivity index (χ4n) is 8.45. The Kier molecular flexibility index (Phi) is 8.15. The molecule has 0 radical (unpaired) electrons. The van der Waals surface area contributed by atoms with Gasteiger partial charge in [0.2, 0.25) is 0 Å². The summed E-state index contributed by atoms with van der Waals surface area (Å²) in [7, 11) is 0. The maximum atomic E-state index is 5.53. The van der Waals surface area contributed by atoms with Crippen LogP contribution in [0.1, 0.15) is 0 Å². The molecule has 2 heterocycles. The topological polar surface area (TPSA) is 38.7 Å². The summed E-state index contributed by atoms with van der Waals surface area (Å²) in [5, 5.41) is 8.23. The van der Waals surface area contributed by atoms with Crippen molar-refractivity contribution < 1.29 is 0 Å². The first-order chi connectivity index (χ1) is 28.7. The average molecular weight is 738 g/mol. The molecule has 58 heavy (non-hydrogen) atoms. The van der Waals surface area contributed by atoms with Crippen molar-refractivity contribution in [3.8, 4) is 67.4 Å². The van der Waals surface area contributed by atoms with Crippen LogP contribution in [-0.4, -0.2) is 15.0 Å². The average Bonchev–Trinajstić information content (AvgIpc) is 3.31. The Labute approximate surface area is 336 Å². The summed E-state index contributed by atoms with van der Waals surface area (Å²) in [6, 6.07) is 75.2. The molecule has 270 valence electrons. The molecule has 0 unspecified atom stereocenters. The fourth-order valence-corrected chi connectivity index (χ4v) is 8.45. The van der Waals surface area contributed by atoms with Crippen molar-refractivity contribution in [3.63, 3.8) is 0 Å². The van der Waals surface area contributed by atoms with Crippen molar-refractivity contribution >= 4 is 43.2 Å². The molecule has 11 aromatic rings. The summed E-state index contributed by atoms with van der Waals surface area (Å²) in [6.07, 6.45) is 0. The van der Waals surface area contributed by atoms with Gasteiger partial charge >= 0.3 is 0 Å². The van der Waals surface area contributed by atoms with Crippen molar-refractivity contribution in [1.82, 2.24) is 15.0 Å². The third-order valence-electron chi connectivity index (χ3n) is 11.3. The molecule has 0 saturated carbocycles. The lowest BCUT2D eigenvalue weighted by molar-refractivity contribution is 1.18. The molecule has 0 spiro atoms. The van der Waals surface area contributed by atoms with E-state index in [-0.39, 0.29) is 0 Å². The lowest BCUT2D eigenvalue weighted by Gasteiger charge is -2.17. The molecule has 0 aliphatic heterocycles. The summed E-state index contributed by atoms with van der Waals surface area (Å²) in [6.45, 7) is 0. The molecule has 0 atom stereocenters. The maximum Gasteiger partial charge on any atom is 0.160 e. The molecule has 0 fully saturated rings. The second-order valence-electron chi connectivity index (χ2n) is 14.7. The zero-order valence-corrected chi connectivity index (χ0v) is 31.5. The van der Waals surface area contributed by atoms with Gasteiger partial charge in [-0.1, -0.05) is 194 Å². The van der Waals surface area contributed by atoms with Gasteiger partial charge in [0.05, 0.1) is 22.6 Å². The van der Waals surface area contributed by atoms with Crippen LogP contribution in [0, 0.1) is 0 Å². The minimum Gasteiger partial charge on any atom is -0.247 e. The summed E-state index contributed by atoms with van der Waals surface area (Å²) in [5.41, 5.74) is 12.5. The molecule has 9 aromatic carbocycles. The Bertz CT molecular complexity index is 3250. The summed E-state index contributed by atoms with van der Waals surface area (Å²) >= 11 is 0. The largest absolute Gasteiger partial charge is 0.247 e. The van der Waals surface area contributed by atoms with Gasteiger partial charge in [-0.3, -0.25) is 0 Å². The lowest BCUT2D eigenvalue weighted by atomic mass is 9.89. The van der Waals surface area contributed by atoms with E-state index in [1.54, 1.807) is 0 Å². The zero-order chi connectivity index (χ0) is 38.4. The van der Waals surface area contributed by atoms with Crippen molar-refractivity contribution in [3.05, 3.63) is 212 Å². The van der Waals surface area contributed by atoms with Gasteiger partial charge in [-0.05, 0) is 67.4 Å². The minimum atomic E-state index is 0.687. The molecule has 0 saturated heterocycles. The molecule has 11 rings (SSSR count). The molecule has 0 aliphatic carbocycles. The van der Waals surface area contributed by atoms with Crippen LogP contribution >= 0.6 is 0 Å². The smallest absolute Gasteiger partial charge is 0.160 e. The van der Waals surface area contributed by atoms with E-state index in [0.717, 1.165) is 66.8 Å². The van der Waals surface area contributed by atoms with Gasteiger partial charge in [-0.25, -0.2) is 15.0 Å². The number of fused-ring (bicyclic) bond motifs is 5. The number of benzene rings is 9. The van der Waals surface area contributed by atoms with Crippen LogP contribution in [-0.2, 0) is 0 Å². The molecule has 0 N–H and O–H groups in total. The molecule has 0 bridgehead atoms. The maximum absolute atomic E-state index is 5.53. The zero-order valence-electron chi connectivity index (χ0n) is 31.5. The van der Waals surface area contributed by atoms with E-state index in [9.17, 15) is 0 Å². The van der Waals surface area contributed by atoms with Gasteiger partial charge in [0.25, 0.3) is 0 Å². The Morgan fingerprint density at radius 2 is 0.741 bits per heavy atom. The van der Waals surface area contributed by atoms with Crippen LogP contribution < -0.4 is 0 Å². The number of rotatable bonds is 6. The monoisotopic (exact) mass is 737 g/mol. The van der Waals surface area contributed by atoms with E-state index in [2.05, 4.69) is 200 Å². The highest BCUT2D eigenvalue weighted by molar-refractivity contribution is 6.18. The number of pyridine rings is 1. The molecular weight excluding hydrogens is 703 g/mol. The van der Waals surface area contributed by atoms with Gasteiger partial charge in [0, 0.05) is 33.0 Å².